The summed E-state index contributed by atoms with van der Waals surface area (Å²) in [5, 5.41) is 0. The fourth-order valence-electron chi connectivity index (χ4n) is 3.82. The van der Waals surface area contributed by atoms with Gasteiger partial charge in [-0.2, -0.15) is 0 Å². The van der Waals surface area contributed by atoms with E-state index in [2.05, 4.69) is 9.97 Å². The summed E-state index contributed by atoms with van der Waals surface area (Å²) in [5.74, 6) is -0.555. The van der Waals surface area contributed by atoms with Gasteiger partial charge in [0.15, 0.2) is 0 Å². The first kappa shape index (κ1) is 16.3. The van der Waals surface area contributed by atoms with Crippen LogP contribution < -0.4 is 5.56 Å². The fourth-order valence-corrected chi connectivity index (χ4v) is 3.82. The molecule has 1 fully saturated rings. The SMILES string of the molecule is Cc1nccc(-c2c(-c3ccc(F)cc3)c(=O)n3n2CC2(C3)OCCO2)n1. The van der Waals surface area contributed by atoms with Crippen LogP contribution in [0.15, 0.2) is 41.3 Å². The van der Waals surface area contributed by atoms with Crippen LogP contribution in [-0.2, 0) is 22.6 Å². The third kappa shape index (κ3) is 2.52. The summed E-state index contributed by atoms with van der Waals surface area (Å²) in [4.78, 5) is 21.9. The van der Waals surface area contributed by atoms with E-state index in [-0.39, 0.29) is 11.4 Å². The zero-order chi connectivity index (χ0) is 18.6. The van der Waals surface area contributed by atoms with Gasteiger partial charge in [-0.25, -0.2) is 19.0 Å². The molecule has 0 bridgehead atoms. The Morgan fingerprint density at radius 1 is 1.07 bits per heavy atom. The molecule has 2 aliphatic heterocycles. The average molecular weight is 368 g/mol. The molecule has 1 spiro atoms. The largest absolute Gasteiger partial charge is 0.344 e. The number of fused-ring (bicyclic) bond motifs is 1. The van der Waals surface area contributed by atoms with E-state index in [9.17, 15) is 9.18 Å². The normalized spacial score (nSPS) is 17.6. The summed E-state index contributed by atoms with van der Waals surface area (Å²) in [6.45, 7) is 3.51. The maximum atomic E-state index is 13.4. The van der Waals surface area contributed by atoms with Crippen LogP contribution in [0.1, 0.15) is 5.82 Å². The first-order valence-corrected chi connectivity index (χ1v) is 8.74. The van der Waals surface area contributed by atoms with Crippen molar-refractivity contribution < 1.29 is 13.9 Å². The van der Waals surface area contributed by atoms with Crippen LogP contribution in [0, 0.1) is 12.7 Å². The van der Waals surface area contributed by atoms with Crippen molar-refractivity contribution >= 4 is 0 Å². The number of benzene rings is 1. The lowest BCUT2D eigenvalue weighted by Gasteiger charge is -2.19. The second-order valence-corrected chi connectivity index (χ2v) is 6.75. The van der Waals surface area contributed by atoms with E-state index >= 15 is 0 Å². The van der Waals surface area contributed by atoms with Crippen molar-refractivity contribution in [2.75, 3.05) is 13.2 Å². The van der Waals surface area contributed by atoms with Crippen molar-refractivity contribution in [2.45, 2.75) is 25.8 Å². The molecular weight excluding hydrogens is 351 g/mol. The number of aryl methyl sites for hydroxylation is 1. The first-order valence-electron chi connectivity index (χ1n) is 8.74. The third-order valence-electron chi connectivity index (χ3n) is 4.98. The molecule has 8 heteroatoms. The smallest absolute Gasteiger partial charge is 0.275 e. The summed E-state index contributed by atoms with van der Waals surface area (Å²) in [7, 11) is 0. The molecule has 5 rings (SSSR count). The molecule has 0 amide bonds. The minimum atomic E-state index is -0.808. The second kappa shape index (κ2) is 5.83. The average Bonchev–Trinajstić information content (AvgIpc) is 3.33. The molecule has 0 radical (unpaired) electrons. The number of rotatable bonds is 2. The Labute approximate surface area is 154 Å². The molecule has 0 atom stereocenters. The minimum Gasteiger partial charge on any atom is -0.344 e. The molecule has 1 saturated heterocycles. The number of aromatic nitrogens is 4. The summed E-state index contributed by atoms with van der Waals surface area (Å²) in [6, 6.07) is 7.68. The summed E-state index contributed by atoms with van der Waals surface area (Å²) in [5.41, 5.74) is 2.25. The minimum absolute atomic E-state index is 0.177. The first-order chi connectivity index (χ1) is 13.1. The van der Waals surface area contributed by atoms with Crippen LogP contribution >= 0.6 is 0 Å². The molecule has 138 valence electrons. The van der Waals surface area contributed by atoms with E-state index in [0.717, 1.165) is 0 Å². The predicted octanol–water partition coefficient (Wildman–Crippen LogP) is 1.98. The van der Waals surface area contributed by atoms with Crippen molar-refractivity contribution in [1.82, 2.24) is 19.3 Å². The molecule has 0 N–H and O–H groups in total. The number of hydrogen-bond acceptors (Lipinski definition) is 5. The Morgan fingerprint density at radius 2 is 1.78 bits per heavy atom. The summed E-state index contributed by atoms with van der Waals surface area (Å²) in [6.07, 6.45) is 1.66. The van der Waals surface area contributed by atoms with Crippen LogP contribution in [0.25, 0.3) is 22.5 Å². The van der Waals surface area contributed by atoms with Gasteiger partial charge in [0.25, 0.3) is 5.56 Å². The maximum Gasteiger partial charge on any atom is 0.275 e. The second-order valence-electron chi connectivity index (χ2n) is 6.75. The molecule has 2 aliphatic rings. The number of hydrogen-bond donors (Lipinski definition) is 0. The van der Waals surface area contributed by atoms with Crippen LogP contribution in [0.2, 0.25) is 0 Å². The molecule has 0 aliphatic carbocycles. The highest BCUT2D eigenvalue weighted by atomic mass is 19.1. The van der Waals surface area contributed by atoms with Gasteiger partial charge in [-0.15, -0.1) is 0 Å². The van der Waals surface area contributed by atoms with Gasteiger partial charge in [-0.1, -0.05) is 12.1 Å². The molecule has 0 saturated carbocycles. The zero-order valence-electron chi connectivity index (χ0n) is 14.7. The monoisotopic (exact) mass is 368 g/mol. The molecule has 3 aromatic rings. The van der Waals surface area contributed by atoms with E-state index in [1.807, 2.05) is 4.68 Å². The van der Waals surface area contributed by atoms with Gasteiger partial charge >= 0.3 is 0 Å². The standard InChI is InChI=1S/C19H17FN4O3/c1-12-21-7-6-15(22-12)17-16(13-2-4-14(20)5-3-13)18(25)24-11-19(10-23(17)24)26-8-9-27-19/h2-7H,8-11H2,1H3. The molecule has 7 nitrogen and oxygen atoms in total. The highest BCUT2D eigenvalue weighted by Gasteiger charge is 2.46. The maximum absolute atomic E-state index is 13.4. The number of nitrogens with zero attached hydrogens (tertiary/aromatic N) is 4. The van der Waals surface area contributed by atoms with E-state index < -0.39 is 5.79 Å². The Kier molecular flexibility index (Phi) is 3.53. The fraction of sp³-hybridized carbons (Fsp3) is 0.316. The quantitative estimate of drug-likeness (QED) is 0.692. The van der Waals surface area contributed by atoms with Gasteiger partial charge < -0.3 is 9.47 Å². The molecule has 0 unspecified atom stereocenters. The lowest BCUT2D eigenvalue weighted by molar-refractivity contribution is -0.158. The Hall–Kier alpha value is -2.84. The van der Waals surface area contributed by atoms with Crippen molar-refractivity contribution in [3.8, 4) is 22.5 Å². The van der Waals surface area contributed by atoms with Crippen LogP contribution in [0.3, 0.4) is 0 Å². The van der Waals surface area contributed by atoms with Gasteiger partial charge in [0.2, 0.25) is 5.79 Å². The molecule has 27 heavy (non-hydrogen) atoms. The predicted molar refractivity (Wildman–Crippen MR) is 94.5 cm³/mol. The van der Waals surface area contributed by atoms with Crippen molar-refractivity contribution in [3.05, 3.63) is 58.5 Å². The molecule has 2 aromatic heterocycles. The molecule has 4 heterocycles. The highest BCUT2D eigenvalue weighted by molar-refractivity contribution is 5.79. The van der Waals surface area contributed by atoms with Gasteiger partial charge in [0.1, 0.15) is 11.6 Å². The van der Waals surface area contributed by atoms with E-state index in [1.54, 1.807) is 36.0 Å². The summed E-state index contributed by atoms with van der Waals surface area (Å²) >= 11 is 0. The lowest BCUT2D eigenvalue weighted by atomic mass is 10.0. The van der Waals surface area contributed by atoms with Crippen molar-refractivity contribution in [1.29, 1.82) is 0 Å². The van der Waals surface area contributed by atoms with Crippen molar-refractivity contribution in [3.63, 3.8) is 0 Å². The zero-order valence-corrected chi connectivity index (χ0v) is 14.7. The lowest BCUT2D eigenvalue weighted by Crippen LogP contribution is -2.34. The van der Waals surface area contributed by atoms with Gasteiger partial charge in [0.05, 0.1) is 43.3 Å². The van der Waals surface area contributed by atoms with E-state index in [1.165, 1.54) is 12.1 Å². The van der Waals surface area contributed by atoms with Gasteiger partial charge in [-0.05, 0) is 30.7 Å². The topological polar surface area (TPSA) is 71.2 Å². The molecular formula is C19H17FN4O3. The van der Waals surface area contributed by atoms with Crippen LogP contribution in [0.5, 0.6) is 0 Å². The van der Waals surface area contributed by atoms with Gasteiger partial charge in [0, 0.05) is 6.20 Å². The van der Waals surface area contributed by atoms with E-state index in [0.29, 0.717) is 54.6 Å². The Bertz CT molecular complexity index is 1080. The van der Waals surface area contributed by atoms with Crippen LogP contribution in [0.4, 0.5) is 4.39 Å². The van der Waals surface area contributed by atoms with E-state index in [4.69, 9.17) is 9.47 Å². The Morgan fingerprint density at radius 3 is 2.48 bits per heavy atom. The Balaban J connectivity index is 1.75. The third-order valence-corrected chi connectivity index (χ3v) is 4.98. The summed E-state index contributed by atoms with van der Waals surface area (Å²) < 4.78 is 28.5. The van der Waals surface area contributed by atoms with Crippen LogP contribution in [-0.4, -0.2) is 38.3 Å². The number of halogens is 1. The molecule has 1 aromatic carbocycles. The number of ether oxygens (including phenoxy) is 2. The van der Waals surface area contributed by atoms with Crippen molar-refractivity contribution in [2.24, 2.45) is 0 Å². The highest BCUT2D eigenvalue weighted by Crippen LogP contribution is 2.36. The van der Waals surface area contributed by atoms with Gasteiger partial charge in [-0.3, -0.25) is 9.48 Å².